The fourth-order valence-corrected chi connectivity index (χ4v) is 5.19. The molecule has 0 bridgehead atoms. The first-order chi connectivity index (χ1) is 15.6. The second-order valence-corrected chi connectivity index (χ2v) is 9.05. The van der Waals surface area contributed by atoms with Crippen molar-refractivity contribution >= 4 is 44.9 Å². The van der Waals surface area contributed by atoms with Crippen LogP contribution < -0.4 is 19.5 Å². The molecule has 4 rings (SSSR count). The molecule has 0 aliphatic rings. The van der Waals surface area contributed by atoms with Crippen molar-refractivity contribution < 1.29 is 19.0 Å². The summed E-state index contributed by atoms with van der Waals surface area (Å²) >= 11 is 3.39. The van der Waals surface area contributed by atoms with Gasteiger partial charge in [-0.2, -0.15) is 0 Å². The number of rotatable bonds is 8. The van der Waals surface area contributed by atoms with Crippen molar-refractivity contribution in [1.82, 2.24) is 4.98 Å². The zero-order valence-electron chi connectivity index (χ0n) is 17.9. The topological polar surface area (TPSA) is 69.7 Å². The lowest BCUT2D eigenvalue weighted by molar-refractivity contribution is 0.102. The van der Waals surface area contributed by atoms with Gasteiger partial charge in [-0.05, 0) is 29.8 Å². The number of anilines is 1. The van der Waals surface area contributed by atoms with E-state index in [-0.39, 0.29) is 5.91 Å². The Morgan fingerprint density at radius 1 is 0.969 bits per heavy atom. The number of thioether (sulfide) groups is 1. The van der Waals surface area contributed by atoms with Crippen LogP contribution in [0, 0.1) is 0 Å². The molecule has 164 valence electrons. The maximum absolute atomic E-state index is 12.7. The largest absolute Gasteiger partial charge is 0.493 e. The summed E-state index contributed by atoms with van der Waals surface area (Å²) in [7, 11) is 4.61. The number of aromatic nitrogens is 1. The molecule has 0 fully saturated rings. The van der Waals surface area contributed by atoms with E-state index in [1.807, 2.05) is 42.5 Å². The van der Waals surface area contributed by atoms with Crippen LogP contribution in [0.4, 0.5) is 5.69 Å². The average Bonchev–Trinajstić information content (AvgIpc) is 3.25. The number of carbonyl (C=O) groups is 1. The molecular weight excluding hydrogens is 444 g/mol. The molecule has 0 atom stereocenters. The molecule has 8 heteroatoms. The molecule has 6 nitrogen and oxygen atoms in total. The fraction of sp³-hybridized carbons (Fsp3) is 0.167. The van der Waals surface area contributed by atoms with Gasteiger partial charge in [0.1, 0.15) is 0 Å². The molecule has 3 aromatic carbocycles. The van der Waals surface area contributed by atoms with Gasteiger partial charge in [0.25, 0.3) is 5.91 Å². The monoisotopic (exact) mass is 466 g/mol. The Kier molecular flexibility index (Phi) is 6.82. The molecule has 0 radical (unpaired) electrons. The molecule has 0 aliphatic heterocycles. The highest BCUT2D eigenvalue weighted by Crippen LogP contribution is 2.40. The molecule has 1 N–H and O–H groups in total. The van der Waals surface area contributed by atoms with E-state index in [4.69, 9.17) is 14.2 Å². The lowest BCUT2D eigenvalue weighted by atomic mass is 10.1. The number of para-hydroxylation sites is 1. The molecule has 0 aliphatic carbocycles. The van der Waals surface area contributed by atoms with Gasteiger partial charge in [0.05, 0.1) is 31.5 Å². The highest BCUT2D eigenvalue weighted by atomic mass is 32.2. The zero-order valence-corrected chi connectivity index (χ0v) is 19.5. The Morgan fingerprint density at radius 3 is 2.28 bits per heavy atom. The minimum atomic E-state index is -0.218. The van der Waals surface area contributed by atoms with Gasteiger partial charge in [-0.3, -0.25) is 4.79 Å². The van der Waals surface area contributed by atoms with Crippen molar-refractivity contribution in [3.05, 3.63) is 71.8 Å². The molecule has 32 heavy (non-hydrogen) atoms. The summed E-state index contributed by atoms with van der Waals surface area (Å²) in [6.45, 7) is 0. The van der Waals surface area contributed by atoms with Crippen LogP contribution in [-0.4, -0.2) is 32.2 Å². The minimum Gasteiger partial charge on any atom is -0.493 e. The van der Waals surface area contributed by atoms with E-state index in [9.17, 15) is 4.79 Å². The third-order valence-corrected chi connectivity index (χ3v) is 7.03. The van der Waals surface area contributed by atoms with E-state index in [0.29, 0.717) is 28.5 Å². The number of benzene rings is 3. The molecular formula is C24H22N2O4S2. The maximum Gasteiger partial charge on any atom is 0.255 e. The molecule has 4 aromatic rings. The highest BCUT2D eigenvalue weighted by molar-refractivity contribution is 8.00. The summed E-state index contributed by atoms with van der Waals surface area (Å²) in [5, 5.41) is 2.88. The Labute approximate surface area is 194 Å². The van der Waals surface area contributed by atoms with Crippen molar-refractivity contribution in [3.8, 4) is 17.2 Å². The third kappa shape index (κ3) is 4.81. The molecule has 0 spiro atoms. The molecule has 0 saturated carbocycles. The SMILES string of the molecule is COc1cc(NC(=O)c2ccc(CSc3nc4ccccc4s3)cc2)cc(OC)c1OC. The van der Waals surface area contributed by atoms with Crippen molar-refractivity contribution in [2.75, 3.05) is 26.6 Å². The number of nitrogens with zero attached hydrogens (tertiary/aromatic N) is 1. The van der Waals surface area contributed by atoms with Crippen molar-refractivity contribution in [2.24, 2.45) is 0 Å². The van der Waals surface area contributed by atoms with Crippen LogP contribution in [0.2, 0.25) is 0 Å². The van der Waals surface area contributed by atoms with E-state index >= 15 is 0 Å². The van der Waals surface area contributed by atoms with E-state index < -0.39 is 0 Å². The fourth-order valence-electron chi connectivity index (χ4n) is 3.17. The summed E-state index contributed by atoms with van der Waals surface area (Å²) in [5.41, 5.74) is 3.27. The first-order valence-electron chi connectivity index (χ1n) is 9.80. The number of methoxy groups -OCH3 is 3. The van der Waals surface area contributed by atoms with Crippen LogP contribution in [0.3, 0.4) is 0 Å². The predicted octanol–water partition coefficient (Wildman–Crippen LogP) is 5.87. The highest BCUT2D eigenvalue weighted by Gasteiger charge is 2.15. The van der Waals surface area contributed by atoms with Gasteiger partial charge in [-0.25, -0.2) is 4.98 Å². The Hall–Kier alpha value is -3.23. The van der Waals surface area contributed by atoms with Gasteiger partial charge in [0.2, 0.25) is 5.75 Å². The van der Waals surface area contributed by atoms with Crippen LogP contribution in [0.5, 0.6) is 17.2 Å². The lowest BCUT2D eigenvalue weighted by Crippen LogP contribution is -2.12. The van der Waals surface area contributed by atoms with Crippen LogP contribution >= 0.6 is 23.1 Å². The van der Waals surface area contributed by atoms with Gasteiger partial charge in [-0.15, -0.1) is 11.3 Å². The van der Waals surface area contributed by atoms with Gasteiger partial charge in [-0.1, -0.05) is 36.0 Å². The zero-order chi connectivity index (χ0) is 22.5. The Morgan fingerprint density at radius 2 is 1.66 bits per heavy atom. The standard InChI is InChI=1S/C24H22N2O4S2/c1-28-19-12-17(13-20(29-2)22(19)30-3)25-23(27)16-10-8-15(9-11-16)14-31-24-26-18-6-4-5-7-21(18)32-24/h4-13H,14H2,1-3H3,(H,25,27). The van der Waals surface area contributed by atoms with E-state index in [2.05, 4.69) is 16.4 Å². The number of amides is 1. The summed E-state index contributed by atoms with van der Waals surface area (Å²) < 4.78 is 18.2. The van der Waals surface area contributed by atoms with E-state index in [0.717, 1.165) is 21.2 Å². The number of thiazole rings is 1. The van der Waals surface area contributed by atoms with Crippen LogP contribution in [0.25, 0.3) is 10.2 Å². The second kappa shape index (κ2) is 9.93. The van der Waals surface area contributed by atoms with E-state index in [1.165, 1.54) is 26.0 Å². The first-order valence-corrected chi connectivity index (χ1v) is 11.6. The molecule has 1 amide bonds. The molecule has 0 saturated heterocycles. The number of nitrogens with one attached hydrogen (secondary N) is 1. The van der Waals surface area contributed by atoms with Crippen molar-refractivity contribution in [1.29, 1.82) is 0 Å². The molecule has 1 aromatic heterocycles. The van der Waals surface area contributed by atoms with Gasteiger partial charge in [0, 0.05) is 29.1 Å². The lowest BCUT2D eigenvalue weighted by Gasteiger charge is -2.14. The average molecular weight is 467 g/mol. The summed E-state index contributed by atoms with van der Waals surface area (Å²) in [4.78, 5) is 17.4. The van der Waals surface area contributed by atoms with Gasteiger partial charge in [0.15, 0.2) is 15.8 Å². The van der Waals surface area contributed by atoms with Gasteiger partial charge >= 0.3 is 0 Å². The Balaban J connectivity index is 1.41. The maximum atomic E-state index is 12.7. The smallest absolute Gasteiger partial charge is 0.255 e. The number of carbonyl (C=O) groups excluding carboxylic acids is 1. The van der Waals surface area contributed by atoms with Crippen LogP contribution in [0.15, 0.2) is 65.0 Å². The predicted molar refractivity (Wildman–Crippen MR) is 130 cm³/mol. The Bertz CT molecular complexity index is 1180. The van der Waals surface area contributed by atoms with E-state index in [1.54, 1.807) is 35.2 Å². The quantitative estimate of drug-likeness (QED) is 0.328. The van der Waals surface area contributed by atoms with Gasteiger partial charge < -0.3 is 19.5 Å². The number of hydrogen-bond donors (Lipinski definition) is 1. The minimum absolute atomic E-state index is 0.218. The first kappa shape index (κ1) is 22.0. The summed E-state index contributed by atoms with van der Waals surface area (Å²) in [5.74, 6) is 2.00. The van der Waals surface area contributed by atoms with Crippen molar-refractivity contribution in [3.63, 3.8) is 0 Å². The van der Waals surface area contributed by atoms with Crippen LogP contribution in [0.1, 0.15) is 15.9 Å². The van der Waals surface area contributed by atoms with Crippen molar-refractivity contribution in [2.45, 2.75) is 10.1 Å². The summed E-state index contributed by atoms with van der Waals surface area (Å²) in [6.07, 6.45) is 0. The molecule has 0 unspecified atom stereocenters. The number of fused-ring (bicyclic) bond motifs is 1. The van der Waals surface area contributed by atoms with Crippen LogP contribution in [-0.2, 0) is 5.75 Å². The molecule has 1 heterocycles. The summed E-state index contributed by atoms with van der Waals surface area (Å²) in [6, 6.07) is 19.1. The second-order valence-electron chi connectivity index (χ2n) is 6.80. The number of ether oxygens (including phenoxy) is 3. The number of hydrogen-bond acceptors (Lipinski definition) is 7. The third-order valence-electron chi connectivity index (χ3n) is 4.78. The normalized spacial score (nSPS) is 10.7.